The van der Waals surface area contributed by atoms with Crippen LogP contribution in [0.1, 0.15) is 30.6 Å². The van der Waals surface area contributed by atoms with Crippen molar-refractivity contribution >= 4 is 0 Å². The molecule has 2 heterocycles. The van der Waals surface area contributed by atoms with Gasteiger partial charge in [-0.3, -0.25) is 4.68 Å². The zero-order chi connectivity index (χ0) is 12.3. The van der Waals surface area contributed by atoms with Gasteiger partial charge in [-0.2, -0.15) is 5.10 Å². The van der Waals surface area contributed by atoms with Gasteiger partial charge in [0.25, 0.3) is 0 Å². The number of hydrogen-bond donors (Lipinski definition) is 1. The third kappa shape index (κ3) is 2.36. The monoisotopic (exact) mass is 234 g/mol. The van der Waals surface area contributed by atoms with Crippen LogP contribution < -0.4 is 5.32 Å². The summed E-state index contributed by atoms with van der Waals surface area (Å²) in [5.74, 6) is 0. The third-order valence-electron chi connectivity index (χ3n) is 2.73. The van der Waals surface area contributed by atoms with Gasteiger partial charge in [-0.15, -0.1) is 5.10 Å². The van der Waals surface area contributed by atoms with E-state index in [0.29, 0.717) is 0 Å². The van der Waals surface area contributed by atoms with Crippen LogP contribution in [0.5, 0.6) is 0 Å². The molecule has 0 aliphatic carbocycles. The lowest BCUT2D eigenvalue weighted by molar-refractivity contribution is 0.523. The van der Waals surface area contributed by atoms with Crippen molar-refractivity contribution in [1.82, 2.24) is 30.1 Å². The van der Waals surface area contributed by atoms with E-state index in [9.17, 15) is 0 Å². The average molecular weight is 234 g/mol. The summed E-state index contributed by atoms with van der Waals surface area (Å²) >= 11 is 0. The summed E-state index contributed by atoms with van der Waals surface area (Å²) in [4.78, 5) is 0. The standard InChI is InChI=1S/C11H18N6/c1-4-5-17-10(7-13-15-17)11(12-2)9-6-14-16(3)8-9/h6-8,11-12H,4-5H2,1-3H3. The maximum Gasteiger partial charge on any atom is 0.0803 e. The van der Waals surface area contributed by atoms with Crippen molar-refractivity contribution in [3.63, 3.8) is 0 Å². The van der Waals surface area contributed by atoms with E-state index in [1.807, 2.05) is 37.4 Å². The molecule has 0 radical (unpaired) electrons. The van der Waals surface area contributed by atoms with Gasteiger partial charge in [0.15, 0.2) is 0 Å². The number of hydrogen-bond acceptors (Lipinski definition) is 4. The van der Waals surface area contributed by atoms with Crippen LogP contribution in [0.25, 0.3) is 0 Å². The number of aryl methyl sites for hydroxylation is 2. The predicted octanol–water partition coefficient (Wildman–Crippen LogP) is 0.730. The summed E-state index contributed by atoms with van der Waals surface area (Å²) in [6.07, 6.45) is 6.72. The molecule has 0 aliphatic heterocycles. The van der Waals surface area contributed by atoms with Gasteiger partial charge in [0.2, 0.25) is 0 Å². The van der Waals surface area contributed by atoms with Crippen molar-refractivity contribution in [3.05, 3.63) is 29.8 Å². The average Bonchev–Trinajstić information content (AvgIpc) is 2.91. The van der Waals surface area contributed by atoms with Gasteiger partial charge >= 0.3 is 0 Å². The summed E-state index contributed by atoms with van der Waals surface area (Å²) in [5.41, 5.74) is 2.19. The lowest BCUT2D eigenvalue weighted by atomic mass is 10.1. The van der Waals surface area contributed by atoms with Crippen LogP contribution in [0.4, 0.5) is 0 Å². The zero-order valence-electron chi connectivity index (χ0n) is 10.5. The lowest BCUT2D eigenvalue weighted by Crippen LogP contribution is -2.21. The van der Waals surface area contributed by atoms with Crippen LogP contribution in [-0.2, 0) is 13.6 Å². The van der Waals surface area contributed by atoms with Gasteiger partial charge in [0, 0.05) is 25.4 Å². The van der Waals surface area contributed by atoms with E-state index < -0.39 is 0 Å². The molecule has 0 amide bonds. The van der Waals surface area contributed by atoms with Crippen LogP contribution in [0.2, 0.25) is 0 Å². The number of nitrogens with zero attached hydrogens (tertiary/aromatic N) is 5. The minimum atomic E-state index is 0.0882. The van der Waals surface area contributed by atoms with Gasteiger partial charge in [0.05, 0.1) is 24.1 Å². The maximum absolute atomic E-state index is 4.20. The summed E-state index contributed by atoms with van der Waals surface area (Å²) in [7, 11) is 3.85. The Morgan fingerprint density at radius 2 is 2.24 bits per heavy atom. The van der Waals surface area contributed by atoms with E-state index in [1.54, 1.807) is 4.68 Å². The Hall–Kier alpha value is -1.69. The van der Waals surface area contributed by atoms with Crippen LogP contribution in [-0.4, -0.2) is 31.8 Å². The normalized spacial score (nSPS) is 12.9. The second kappa shape index (κ2) is 5.09. The minimum absolute atomic E-state index is 0.0882. The highest BCUT2D eigenvalue weighted by Gasteiger charge is 2.18. The van der Waals surface area contributed by atoms with Crippen LogP contribution in [0, 0.1) is 0 Å². The largest absolute Gasteiger partial charge is 0.308 e. The molecule has 2 aromatic rings. The molecule has 0 saturated carbocycles. The summed E-state index contributed by atoms with van der Waals surface area (Å²) in [6, 6.07) is 0.0882. The Bertz CT molecular complexity index is 472. The first-order valence-electron chi connectivity index (χ1n) is 5.80. The van der Waals surface area contributed by atoms with Gasteiger partial charge in [-0.05, 0) is 13.5 Å². The van der Waals surface area contributed by atoms with Gasteiger partial charge < -0.3 is 5.32 Å². The third-order valence-corrected chi connectivity index (χ3v) is 2.73. The molecule has 0 aromatic carbocycles. The van der Waals surface area contributed by atoms with E-state index >= 15 is 0 Å². The molecule has 17 heavy (non-hydrogen) atoms. The molecule has 2 aromatic heterocycles. The molecule has 1 N–H and O–H groups in total. The fourth-order valence-corrected chi connectivity index (χ4v) is 1.95. The summed E-state index contributed by atoms with van der Waals surface area (Å²) in [6.45, 7) is 3.01. The minimum Gasteiger partial charge on any atom is -0.308 e. The predicted molar refractivity (Wildman–Crippen MR) is 64.4 cm³/mol. The van der Waals surface area contributed by atoms with Crippen molar-refractivity contribution in [2.75, 3.05) is 7.05 Å². The summed E-state index contributed by atoms with van der Waals surface area (Å²) < 4.78 is 3.74. The van der Waals surface area contributed by atoms with Gasteiger partial charge in [0.1, 0.15) is 0 Å². The van der Waals surface area contributed by atoms with Crippen molar-refractivity contribution in [2.45, 2.75) is 25.9 Å². The van der Waals surface area contributed by atoms with E-state index in [0.717, 1.165) is 24.2 Å². The van der Waals surface area contributed by atoms with E-state index in [1.165, 1.54) is 0 Å². The first kappa shape index (κ1) is 11.8. The van der Waals surface area contributed by atoms with Crippen molar-refractivity contribution in [2.24, 2.45) is 7.05 Å². The van der Waals surface area contributed by atoms with E-state index in [2.05, 4.69) is 27.7 Å². The first-order valence-corrected chi connectivity index (χ1v) is 5.80. The van der Waals surface area contributed by atoms with Crippen LogP contribution in [0.15, 0.2) is 18.6 Å². The van der Waals surface area contributed by atoms with Gasteiger partial charge in [-0.1, -0.05) is 12.1 Å². The fraction of sp³-hybridized carbons (Fsp3) is 0.545. The van der Waals surface area contributed by atoms with Gasteiger partial charge in [-0.25, -0.2) is 4.68 Å². The Labute approximate surface area is 101 Å². The Balaban J connectivity index is 2.31. The molecule has 0 bridgehead atoms. The molecule has 2 rings (SSSR count). The summed E-state index contributed by atoms with van der Waals surface area (Å²) in [5, 5.41) is 15.6. The smallest absolute Gasteiger partial charge is 0.0803 e. The molecule has 6 nitrogen and oxygen atoms in total. The molecule has 0 fully saturated rings. The second-order valence-electron chi connectivity index (χ2n) is 4.05. The molecule has 6 heteroatoms. The second-order valence-corrected chi connectivity index (χ2v) is 4.05. The van der Waals surface area contributed by atoms with Crippen molar-refractivity contribution < 1.29 is 0 Å². The SMILES string of the molecule is CCCn1nncc1C(NC)c1cnn(C)c1. The Morgan fingerprint density at radius 1 is 1.41 bits per heavy atom. The van der Waals surface area contributed by atoms with E-state index in [4.69, 9.17) is 0 Å². The molecular weight excluding hydrogens is 216 g/mol. The number of rotatable bonds is 5. The maximum atomic E-state index is 4.20. The molecule has 1 unspecified atom stereocenters. The molecular formula is C11H18N6. The van der Waals surface area contributed by atoms with Crippen molar-refractivity contribution in [3.8, 4) is 0 Å². The molecule has 0 spiro atoms. The lowest BCUT2D eigenvalue weighted by Gasteiger charge is -2.15. The van der Waals surface area contributed by atoms with Crippen LogP contribution in [0.3, 0.4) is 0 Å². The highest BCUT2D eigenvalue weighted by Crippen LogP contribution is 2.20. The highest BCUT2D eigenvalue weighted by atomic mass is 15.4. The number of nitrogens with one attached hydrogen (secondary N) is 1. The Kier molecular flexibility index (Phi) is 3.53. The molecule has 1 atom stereocenters. The van der Waals surface area contributed by atoms with Crippen LogP contribution >= 0.6 is 0 Å². The number of aromatic nitrogens is 5. The first-order chi connectivity index (χ1) is 8.26. The quantitative estimate of drug-likeness (QED) is 0.828. The fourth-order valence-electron chi connectivity index (χ4n) is 1.95. The Morgan fingerprint density at radius 3 is 2.82 bits per heavy atom. The highest BCUT2D eigenvalue weighted by molar-refractivity contribution is 5.21. The molecule has 92 valence electrons. The zero-order valence-corrected chi connectivity index (χ0v) is 10.5. The molecule has 0 saturated heterocycles. The molecule has 0 aliphatic rings. The van der Waals surface area contributed by atoms with E-state index in [-0.39, 0.29) is 6.04 Å². The topological polar surface area (TPSA) is 60.6 Å². The van der Waals surface area contributed by atoms with Crippen molar-refractivity contribution in [1.29, 1.82) is 0 Å².